The molecule has 0 radical (unpaired) electrons. The molecule has 1 fully saturated rings. The molecule has 2 rings (SSSR count). The average molecular weight is 392 g/mol. The molecule has 1 aromatic rings. The summed E-state index contributed by atoms with van der Waals surface area (Å²) in [5, 5.41) is 2.60. The van der Waals surface area contributed by atoms with E-state index in [2.05, 4.69) is 5.32 Å². The molecule has 140 valence electrons. The van der Waals surface area contributed by atoms with Crippen molar-refractivity contribution in [3.8, 4) is 0 Å². The molecule has 9 heteroatoms. The third kappa shape index (κ3) is 5.13. The molecule has 0 aromatic heterocycles. The Morgan fingerprint density at radius 1 is 1.44 bits per heavy atom. The lowest BCUT2D eigenvalue weighted by molar-refractivity contribution is -0.126. The first kappa shape index (κ1) is 20.1. The lowest BCUT2D eigenvalue weighted by Gasteiger charge is -2.30. The van der Waals surface area contributed by atoms with Gasteiger partial charge in [0.15, 0.2) is 0 Å². The van der Waals surface area contributed by atoms with Crippen LogP contribution in [-0.2, 0) is 14.8 Å². The highest BCUT2D eigenvalue weighted by atomic mass is 35.5. The number of nitrogens with one attached hydrogen (secondary N) is 1. The minimum atomic E-state index is -3.74. The molecule has 0 bridgehead atoms. The molecule has 1 aliphatic heterocycles. The molecule has 0 saturated carbocycles. The van der Waals surface area contributed by atoms with Gasteiger partial charge in [0.25, 0.3) is 0 Å². The van der Waals surface area contributed by atoms with E-state index in [0.29, 0.717) is 25.8 Å². The summed E-state index contributed by atoms with van der Waals surface area (Å²) in [6, 6.07) is 3.37. The van der Waals surface area contributed by atoms with Crippen LogP contribution >= 0.6 is 11.6 Å². The first-order chi connectivity index (χ1) is 11.7. The minimum Gasteiger partial charge on any atom is -0.356 e. The van der Waals surface area contributed by atoms with Gasteiger partial charge in [0.2, 0.25) is 15.9 Å². The first-order valence-corrected chi connectivity index (χ1v) is 10.0. The summed E-state index contributed by atoms with van der Waals surface area (Å²) in [4.78, 5) is 12.1. The molecule has 1 heterocycles. The van der Waals surface area contributed by atoms with Crippen molar-refractivity contribution in [3.05, 3.63) is 29.0 Å². The number of hydrogen-bond donors (Lipinski definition) is 2. The predicted molar refractivity (Wildman–Crippen MR) is 94.2 cm³/mol. The highest BCUT2D eigenvalue weighted by Crippen LogP contribution is 2.26. The number of benzene rings is 1. The Balaban J connectivity index is 1.94. The minimum absolute atomic E-state index is 0.0230. The number of nitrogens with zero attached hydrogens (tertiary/aromatic N) is 1. The number of nitrogens with two attached hydrogens (primary N) is 1. The summed E-state index contributed by atoms with van der Waals surface area (Å²) in [5.41, 5.74) is 5.64. The van der Waals surface area contributed by atoms with Crippen LogP contribution in [0.5, 0.6) is 0 Å². The highest BCUT2D eigenvalue weighted by molar-refractivity contribution is 7.89. The van der Waals surface area contributed by atoms with Crippen LogP contribution in [0, 0.1) is 11.7 Å². The van der Waals surface area contributed by atoms with Gasteiger partial charge < -0.3 is 11.1 Å². The fourth-order valence-electron chi connectivity index (χ4n) is 2.71. The van der Waals surface area contributed by atoms with E-state index >= 15 is 0 Å². The number of amides is 1. The summed E-state index contributed by atoms with van der Waals surface area (Å²) < 4.78 is 39.7. The summed E-state index contributed by atoms with van der Waals surface area (Å²) in [6.45, 7) is 2.87. The molecule has 1 aromatic carbocycles. The van der Waals surface area contributed by atoms with Gasteiger partial charge in [-0.25, -0.2) is 12.8 Å². The Hall–Kier alpha value is -1.22. The van der Waals surface area contributed by atoms with Crippen LogP contribution in [-0.4, -0.2) is 44.3 Å². The van der Waals surface area contributed by atoms with Crippen molar-refractivity contribution >= 4 is 27.5 Å². The van der Waals surface area contributed by atoms with E-state index in [9.17, 15) is 17.6 Å². The average Bonchev–Trinajstić information content (AvgIpc) is 2.57. The lowest BCUT2D eigenvalue weighted by atomic mass is 9.97. The highest BCUT2D eigenvalue weighted by Gasteiger charge is 2.32. The fraction of sp³-hybridized carbons (Fsp3) is 0.562. The first-order valence-electron chi connectivity index (χ1n) is 8.20. The molecule has 0 spiro atoms. The quantitative estimate of drug-likeness (QED) is 0.772. The number of sulfonamides is 1. The molecule has 1 saturated heterocycles. The molecule has 25 heavy (non-hydrogen) atoms. The smallest absolute Gasteiger partial charge is 0.243 e. The molecule has 3 N–H and O–H groups in total. The lowest BCUT2D eigenvalue weighted by Crippen LogP contribution is -2.43. The molecule has 1 amide bonds. The fourth-order valence-corrected chi connectivity index (χ4v) is 4.45. The normalized spacial score (nSPS) is 18.1. The van der Waals surface area contributed by atoms with Gasteiger partial charge in [-0.05, 0) is 44.4 Å². The third-order valence-corrected chi connectivity index (χ3v) is 6.44. The molecule has 1 unspecified atom stereocenters. The molecule has 6 nitrogen and oxygen atoms in total. The van der Waals surface area contributed by atoms with Crippen LogP contribution in [0.1, 0.15) is 26.2 Å². The topological polar surface area (TPSA) is 92.5 Å². The molecular weight excluding hydrogens is 369 g/mol. The van der Waals surface area contributed by atoms with Gasteiger partial charge in [-0.3, -0.25) is 4.79 Å². The summed E-state index contributed by atoms with van der Waals surface area (Å²) >= 11 is 5.67. The van der Waals surface area contributed by atoms with Gasteiger partial charge in [-0.15, -0.1) is 0 Å². The van der Waals surface area contributed by atoms with Crippen LogP contribution in [0.4, 0.5) is 4.39 Å². The van der Waals surface area contributed by atoms with E-state index in [0.717, 1.165) is 12.1 Å². The van der Waals surface area contributed by atoms with Crippen molar-refractivity contribution in [1.29, 1.82) is 0 Å². The number of hydrogen-bond acceptors (Lipinski definition) is 4. The Kier molecular flexibility index (Phi) is 6.79. The molecule has 1 aliphatic rings. The van der Waals surface area contributed by atoms with Gasteiger partial charge in [-0.2, -0.15) is 4.31 Å². The van der Waals surface area contributed by atoms with Gasteiger partial charge in [-0.1, -0.05) is 11.6 Å². The second-order valence-corrected chi connectivity index (χ2v) is 8.66. The van der Waals surface area contributed by atoms with E-state index in [1.165, 1.54) is 10.4 Å². The van der Waals surface area contributed by atoms with Gasteiger partial charge in [0.05, 0.1) is 9.92 Å². The number of piperidine rings is 1. The van der Waals surface area contributed by atoms with Gasteiger partial charge in [0.1, 0.15) is 5.82 Å². The maximum Gasteiger partial charge on any atom is 0.243 e. The zero-order valence-electron chi connectivity index (χ0n) is 14.0. The van der Waals surface area contributed by atoms with Crippen LogP contribution in [0.3, 0.4) is 0 Å². The SMILES string of the molecule is CC(N)CCNC(=O)C1CCN(S(=O)(=O)c2ccc(F)c(Cl)c2)CC1. The van der Waals surface area contributed by atoms with Gasteiger partial charge in [0, 0.05) is 31.6 Å². The van der Waals surface area contributed by atoms with Crippen molar-refractivity contribution in [1.82, 2.24) is 9.62 Å². The van der Waals surface area contributed by atoms with E-state index in [-0.39, 0.29) is 40.9 Å². The van der Waals surface area contributed by atoms with Crippen LogP contribution in [0.15, 0.2) is 23.1 Å². The number of carbonyl (C=O) groups is 1. The van der Waals surface area contributed by atoms with Crippen molar-refractivity contribution in [3.63, 3.8) is 0 Å². The van der Waals surface area contributed by atoms with Crippen LogP contribution in [0.25, 0.3) is 0 Å². The largest absolute Gasteiger partial charge is 0.356 e. The number of carbonyl (C=O) groups excluding carboxylic acids is 1. The maximum absolute atomic E-state index is 13.2. The van der Waals surface area contributed by atoms with E-state index in [4.69, 9.17) is 17.3 Å². The Labute approximate surface area is 152 Å². The monoisotopic (exact) mass is 391 g/mol. The van der Waals surface area contributed by atoms with Crippen molar-refractivity contribution in [2.75, 3.05) is 19.6 Å². The Morgan fingerprint density at radius 3 is 2.64 bits per heavy atom. The summed E-state index contributed by atoms with van der Waals surface area (Å²) in [7, 11) is -3.74. The standard InChI is InChI=1S/C16H23ClFN3O3S/c1-11(19)4-7-20-16(22)12-5-8-21(9-6-12)25(23,24)13-2-3-15(18)14(17)10-13/h2-3,10-12H,4-9,19H2,1H3,(H,20,22). The number of rotatable bonds is 6. The van der Waals surface area contributed by atoms with Crippen molar-refractivity contribution in [2.45, 2.75) is 37.1 Å². The van der Waals surface area contributed by atoms with Gasteiger partial charge >= 0.3 is 0 Å². The van der Waals surface area contributed by atoms with E-state index in [1.807, 2.05) is 6.92 Å². The van der Waals surface area contributed by atoms with Crippen molar-refractivity contribution < 1.29 is 17.6 Å². The molecular formula is C16H23ClFN3O3S. The second-order valence-electron chi connectivity index (χ2n) is 6.31. The van der Waals surface area contributed by atoms with E-state index in [1.54, 1.807) is 0 Å². The molecule has 1 atom stereocenters. The summed E-state index contributed by atoms with van der Waals surface area (Å²) in [6.07, 6.45) is 1.58. The van der Waals surface area contributed by atoms with E-state index < -0.39 is 15.8 Å². The van der Waals surface area contributed by atoms with Crippen molar-refractivity contribution in [2.24, 2.45) is 11.7 Å². The number of halogens is 2. The third-order valence-electron chi connectivity index (χ3n) is 4.25. The van der Waals surface area contributed by atoms with Crippen LogP contribution in [0.2, 0.25) is 5.02 Å². The zero-order chi connectivity index (χ0) is 18.6. The van der Waals surface area contributed by atoms with Crippen LogP contribution < -0.4 is 11.1 Å². The maximum atomic E-state index is 13.2. The Morgan fingerprint density at radius 2 is 2.08 bits per heavy atom. The summed E-state index contributed by atoms with van der Waals surface area (Å²) in [5.74, 6) is -0.943. The second kappa shape index (κ2) is 8.44. The molecule has 0 aliphatic carbocycles. The predicted octanol–water partition coefficient (Wildman–Crippen LogP) is 1.73. The zero-order valence-corrected chi connectivity index (χ0v) is 15.6. The Bertz CT molecular complexity index is 719.